The molecular weight excluding hydrogens is 478 g/mol. The van der Waals surface area contributed by atoms with Crippen molar-refractivity contribution in [2.45, 2.75) is 27.0 Å². The van der Waals surface area contributed by atoms with E-state index in [9.17, 15) is 15.3 Å². The molecule has 35 heavy (non-hydrogen) atoms. The van der Waals surface area contributed by atoms with E-state index in [-0.39, 0.29) is 33.4 Å². The Kier molecular flexibility index (Phi) is 5.96. The molecule has 1 aliphatic heterocycles. The topological polar surface area (TPSA) is 120 Å². The normalized spacial score (nSPS) is 12.7. The quantitative estimate of drug-likeness (QED) is 0.343. The standard InChI is InChI=1S/C26H17N5O2S2/c1-15(26(32)31-18-7-2-4-10-21(18)35-22-11-5-3-8-19(22)31)34-25-17(14-28)23(20-9-6-12-33-20)16(13-27)24(29)30-25/h2-12,15H,1H3,(H2,29,30). The summed E-state index contributed by atoms with van der Waals surface area (Å²) in [4.78, 5) is 21.8. The van der Waals surface area contributed by atoms with Crippen LogP contribution in [0.1, 0.15) is 18.1 Å². The van der Waals surface area contributed by atoms with Crippen LogP contribution in [-0.2, 0) is 4.79 Å². The molecule has 4 aromatic rings. The predicted octanol–water partition coefficient (Wildman–Crippen LogP) is 5.98. The molecule has 0 bridgehead atoms. The Bertz CT molecular complexity index is 1490. The molecule has 7 nitrogen and oxygen atoms in total. The fraction of sp³-hybridized carbons (Fsp3) is 0.0769. The molecule has 0 aliphatic carbocycles. The lowest BCUT2D eigenvalue weighted by molar-refractivity contribution is -0.117. The predicted molar refractivity (Wildman–Crippen MR) is 135 cm³/mol. The molecule has 0 fully saturated rings. The fourth-order valence-electron chi connectivity index (χ4n) is 3.89. The van der Waals surface area contributed by atoms with Crippen LogP contribution in [0.2, 0.25) is 0 Å². The number of pyridine rings is 1. The van der Waals surface area contributed by atoms with E-state index in [1.807, 2.05) is 54.6 Å². The van der Waals surface area contributed by atoms with Gasteiger partial charge in [0.2, 0.25) is 5.91 Å². The highest BCUT2D eigenvalue weighted by molar-refractivity contribution is 8.00. The van der Waals surface area contributed by atoms with Crippen molar-refractivity contribution in [2.24, 2.45) is 0 Å². The number of hydrogen-bond acceptors (Lipinski definition) is 8. The van der Waals surface area contributed by atoms with E-state index in [4.69, 9.17) is 10.2 Å². The molecule has 0 spiro atoms. The second kappa shape index (κ2) is 9.22. The average Bonchev–Trinajstić information content (AvgIpc) is 3.41. The second-order valence-corrected chi connectivity index (χ2v) is 10.0. The number of carbonyl (C=O) groups excluding carboxylic acids is 1. The van der Waals surface area contributed by atoms with Crippen LogP contribution in [0.5, 0.6) is 0 Å². The van der Waals surface area contributed by atoms with Crippen LogP contribution in [0.25, 0.3) is 11.3 Å². The van der Waals surface area contributed by atoms with E-state index >= 15 is 0 Å². The smallest absolute Gasteiger partial charge is 0.244 e. The van der Waals surface area contributed by atoms with Gasteiger partial charge in [0.25, 0.3) is 0 Å². The van der Waals surface area contributed by atoms with E-state index in [2.05, 4.69) is 11.1 Å². The second-order valence-electron chi connectivity index (χ2n) is 7.60. The number of nitrogen functional groups attached to an aromatic ring is 1. The maximum atomic E-state index is 13.8. The highest BCUT2D eigenvalue weighted by Crippen LogP contribution is 2.49. The zero-order valence-electron chi connectivity index (χ0n) is 18.4. The number of thioether (sulfide) groups is 1. The fourth-order valence-corrected chi connectivity index (χ4v) is 5.91. The molecule has 170 valence electrons. The Hall–Kier alpha value is -4.18. The van der Waals surface area contributed by atoms with Crippen LogP contribution < -0.4 is 10.6 Å². The van der Waals surface area contributed by atoms with Crippen molar-refractivity contribution in [1.29, 1.82) is 10.5 Å². The van der Waals surface area contributed by atoms with Crippen molar-refractivity contribution in [1.82, 2.24) is 4.98 Å². The molecule has 0 saturated carbocycles. The molecule has 5 rings (SSSR count). The minimum absolute atomic E-state index is 0.0230. The number of benzene rings is 2. The molecule has 2 aromatic heterocycles. The summed E-state index contributed by atoms with van der Waals surface area (Å²) in [5.74, 6) is 0.150. The van der Waals surface area contributed by atoms with Crippen LogP contribution in [0.4, 0.5) is 17.2 Å². The highest BCUT2D eigenvalue weighted by Gasteiger charge is 2.32. The molecule has 1 aliphatic rings. The van der Waals surface area contributed by atoms with Crippen molar-refractivity contribution in [3.05, 3.63) is 78.1 Å². The number of fused-ring (bicyclic) bond motifs is 2. The average molecular weight is 496 g/mol. The number of rotatable bonds is 4. The number of amides is 1. The first-order valence-electron chi connectivity index (χ1n) is 10.6. The molecule has 1 amide bonds. The van der Waals surface area contributed by atoms with Crippen LogP contribution in [0, 0.1) is 22.7 Å². The zero-order valence-corrected chi connectivity index (χ0v) is 20.1. The third-order valence-electron chi connectivity index (χ3n) is 5.47. The van der Waals surface area contributed by atoms with Gasteiger partial charge in [-0.05, 0) is 43.3 Å². The summed E-state index contributed by atoms with van der Waals surface area (Å²) in [7, 11) is 0. The van der Waals surface area contributed by atoms with E-state index in [0.717, 1.165) is 32.9 Å². The van der Waals surface area contributed by atoms with Crippen molar-refractivity contribution in [3.63, 3.8) is 0 Å². The van der Waals surface area contributed by atoms with Gasteiger partial charge in [-0.25, -0.2) is 4.98 Å². The molecule has 1 unspecified atom stereocenters. The van der Waals surface area contributed by atoms with E-state index < -0.39 is 5.25 Å². The van der Waals surface area contributed by atoms with Gasteiger partial charge in [0.05, 0.1) is 34.0 Å². The summed E-state index contributed by atoms with van der Waals surface area (Å²) in [6.07, 6.45) is 1.45. The molecule has 9 heteroatoms. The first kappa shape index (κ1) is 22.6. The Balaban J connectivity index is 1.56. The highest BCUT2D eigenvalue weighted by atomic mass is 32.2. The van der Waals surface area contributed by atoms with E-state index in [0.29, 0.717) is 5.76 Å². The number of hydrogen-bond donors (Lipinski definition) is 1. The Morgan fingerprint density at radius 2 is 1.66 bits per heavy atom. The zero-order chi connectivity index (χ0) is 24.5. The lowest BCUT2D eigenvalue weighted by Crippen LogP contribution is -2.34. The van der Waals surface area contributed by atoms with Gasteiger partial charge in [0.15, 0.2) is 0 Å². The summed E-state index contributed by atoms with van der Waals surface area (Å²) in [6.45, 7) is 1.77. The summed E-state index contributed by atoms with van der Waals surface area (Å²) >= 11 is 2.75. The van der Waals surface area contributed by atoms with Crippen molar-refractivity contribution >= 4 is 46.6 Å². The number of furan rings is 1. The third-order valence-corrected chi connectivity index (χ3v) is 7.68. The Morgan fingerprint density at radius 1 is 1.03 bits per heavy atom. The molecule has 0 radical (unpaired) electrons. The van der Waals surface area contributed by atoms with E-state index in [1.54, 1.807) is 35.7 Å². The lowest BCUT2D eigenvalue weighted by Gasteiger charge is -2.32. The number of nitrogens with zero attached hydrogens (tertiary/aromatic N) is 4. The molecule has 3 heterocycles. The van der Waals surface area contributed by atoms with Crippen molar-refractivity contribution < 1.29 is 9.21 Å². The van der Waals surface area contributed by atoms with E-state index in [1.165, 1.54) is 6.26 Å². The largest absolute Gasteiger partial charge is 0.464 e. The summed E-state index contributed by atoms with van der Waals surface area (Å²) in [5.41, 5.74) is 8.18. The van der Waals surface area contributed by atoms with Gasteiger partial charge in [-0.1, -0.05) is 47.8 Å². The number of aromatic nitrogens is 1. The van der Waals surface area contributed by atoms with Gasteiger partial charge in [0, 0.05) is 9.79 Å². The molecule has 2 aromatic carbocycles. The van der Waals surface area contributed by atoms with Crippen molar-refractivity contribution in [3.8, 4) is 23.5 Å². The number of nitrogens with two attached hydrogens (primary N) is 1. The maximum absolute atomic E-state index is 13.8. The Labute approximate surface area is 210 Å². The molecular formula is C26H17N5O2S2. The minimum atomic E-state index is -0.615. The first-order valence-corrected chi connectivity index (χ1v) is 12.3. The maximum Gasteiger partial charge on any atom is 0.244 e. The van der Waals surface area contributed by atoms with Gasteiger partial charge in [-0.15, -0.1) is 0 Å². The minimum Gasteiger partial charge on any atom is -0.464 e. The third kappa shape index (κ3) is 3.91. The van der Waals surface area contributed by atoms with Crippen LogP contribution >= 0.6 is 23.5 Å². The summed E-state index contributed by atoms with van der Waals surface area (Å²) in [6, 6.07) is 23.0. The van der Waals surface area contributed by atoms with Crippen LogP contribution in [0.3, 0.4) is 0 Å². The van der Waals surface area contributed by atoms with Gasteiger partial charge >= 0.3 is 0 Å². The first-order chi connectivity index (χ1) is 17.0. The monoisotopic (exact) mass is 495 g/mol. The Morgan fingerprint density at radius 3 is 2.23 bits per heavy atom. The van der Waals surface area contributed by atoms with Crippen LogP contribution in [0.15, 0.2) is 86.2 Å². The van der Waals surface area contributed by atoms with Crippen molar-refractivity contribution in [2.75, 3.05) is 10.6 Å². The molecule has 1 atom stereocenters. The van der Waals surface area contributed by atoms with Gasteiger partial charge < -0.3 is 10.2 Å². The van der Waals surface area contributed by atoms with Gasteiger partial charge in [-0.2, -0.15) is 10.5 Å². The molecule has 0 saturated heterocycles. The number of carbonyl (C=O) groups is 1. The van der Waals surface area contributed by atoms with Gasteiger partial charge in [-0.3, -0.25) is 9.69 Å². The number of anilines is 3. The van der Waals surface area contributed by atoms with Crippen LogP contribution in [-0.4, -0.2) is 16.1 Å². The van der Waals surface area contributed by atoms with Gasteiger partial charge in [0.1, 0.15) is 34.3 Å². The number of nitriles is 2. The molecule has 2 N–H and O–H groups in total. The number of para-hydroxylation sites is 2. The summed E-state index contributed by atoms with van der Waals surface area (Å²) in [5, 5.41) is 19.3. The lowest BCUT2D eigenvalue weighted by atomic mass is 10.0. The SMILES string of the molecule is CC(Sc1nc(N)c(C#N)c(-c2ccco2)c1C#N)C(=O)N1c2ccccc2Sc2ccccc21. The summed E-state index contributed by atoms with van der Waals surface area (Å²) < 4.78 is 5.47.